The monoisotopic (exact) mass is 1440 g/mol. The van der Waals surface area contributed by atoms with Crippen LogP contribution in [0.3, 0.4) is 0 Å². The quantitative estimate of drug-likeness (QED) is 0.0426. The van der Waals surface area contributed by atoms with Crippen molar-refractivity contribution in [2.45, 2.75) is 351 Å². The van der Waals surface area contributed by atoms with Crippen LogP contribution in [0, 0.1) is 23.7 Å². The summed E-state index contributed by atoms with van der Waals surface area (Å²) in [6.07, 6.45) is 7.80. The molecule has 1 aromatic carbocycles. The zero-order chi connectivity index (χ0) is 73.6. The molecule has 3 aliphatic heterocycles. The Hall–Kier alpha value is -2.20. The van der Waals surface area contributed by atoms with Gasteiger partial charge in [0, 0.05) is 37.7 Å². The summed E-state index contributed by atoms with van der Waals surface area (Å²) in [6, 6.07) is 9.24. The normalized spacial score (nSPS) is 28.8. The lowest BCUT2D eigenvalue weighted by Crippen LogP contribution is -2.64. The molecule has 0 spiro atoms. The molecule has 0 radical (unpaired) electrons. The predicted octanol–water partition coefficient (Wildman–Crippen LogP) is 19.3. The largest absolute Gasteiger partial charge is 0.469 e. The van der Waals surface area contributed by atoms with E-state index in [1.54, 1.807) is 19.2 Å². The van der Waals surface area contributed by atoms with Crippen LogP contribution in [0.15, 0.2) is 79.4 Å². The molecule has 97 heavy (non-hydrogen) atoms. The predicted molar refractivity (Wildman–Crippen MR) is 410 cm³/mol. The number of esters is 2. The molecule has 19 heteroatoms. The van der Waals surface area contributed by atoms with Crippen molar-refractivity contribution >= 4 is 53.5 Å². The topological polar surface area (TPSA) is 156 Å². The first-order valence-electron chi connectivity index (χ1n) is 36.8. The second kappa shape index (κ2) is 33.7. The van der Waals surface area contributed by atoms with Gasteiger partial charge in [0.15, 0.2) is 41.6 Å². The van der Waals surface area contributed by atoms with Gasteiger partial charge in [-0.2, -0.15) is 0 Å². The maximum atomic E-state index is 14.3. The second-order valence-corrected chi connectivity index (χ2v) is 60.9. The fourth-order valence-corrected chi connectivity index (χ4v) is 19.2. The molecular weight excluding hydrogens is 1300 g/mol. The molecule has 4 aliphatic rings. The smallest absolute Gasteiger partial charge is 0.338 e. The maximum Gasteiger partial charge on any atom is 0.338 e. The Morgan fingerprint density at radius 1 is 0.639 bits per heavy atom. The van der Waals surface area contributed by atoms with Crippen molar-refractivity contribution < 1.29 is 65.2 Å². The minimum absolute atomic E-state index is 0.0157. The number of hydrogen-bond acceptors (Lipinski definition) is 14. The van der Waals surface area contributed by atoms with Crippen molar-refractivity contribution in [3.05, 3.63) is 85.0 Å². The Balaban J connectivity index is 1.36. The van der Waals surface area contributed by atoms with Crippen LogP contribution >= 0.6 is 0 Å². The Bertz CT molecular complexity index is 2750. The number of carbonyl (C=O) groups excluding carboxylic acids is 2. The molecule has 5 rings (SSSR count). The Kier molecular flexibility index (Phi) is 29.7. The highest BCUT2D eigenvalue weighted by molar-refractivity contribution is 6.76. The number of benzene rings is 1. The summed E-state index contributed by atoms with van der Waals surface area (Å²) >= 11 is 0. The van der Waals surface area contributed by atoms with Crippen LogP contribution in [0.4, 0.5) is 0 Å². The first-order chi connectivity index (χ1) is 44.3. The number of allylic oxidation sites excluding steroid dienone is 1. The van der Waals surface area contributed by atoms with Gasteiger partial charge < -0.3 is 55.7 Å². The van der Waals surface area contributed by atoms with Gasteiger partial charge in [-0.05, 0) is 171 Å². The van der Waals surface area contributed by atoms with Gasteiger partial charge in [-0.25, -0.2) is 4.79 Å². The second-order valence-electron chi connectivity index (χ2n) is 37.0. The standard InChI is InChI=1S/C78H140O14Si5/c1-32-36-56-47-61(71(91-96(28,29)77(14,15)16)72(92-97(30,31)78(17,18)19)69(56)88-73(81)55-37-34-33-35-38-55)64(90-95(26,27)76(11,12)13)43-40-57(79)39-41-58-46-53(3)63(85-58)44-42-59-45-52(2)54(4)65(86-59)50-66-62(49-68(80)82-20)70(83-21)67(87-66)48-60(89-94(24,25)75(8,9)10)51-84-93(22,23)74(5,6)7/h32-35,37-38,40,43,52,56-67,69-72,79H,1,3-4,36,39,41-42,44-51H2,2,5-31H3/b43-40+/t52?,56?,57?,58?,59?,60?,61-,62?,63?,64?,65?,66-,67?,69?,70+,71?,72?/m0/s1. The molecule has 0 amide bonds. The van der Waals surface area contributed by atoms with Crippen LogP contribution < -0.4 is 0 Å². The van der Waals surface area contributed by atoms with Crippen LogP contribution in [0.1, 0.15) is 192 Å². The van der Waals surface area contributed by atoms with Crippen molar-refractivity contribution in [3.63, 3.8) is 0 Å². The number of rotatable bonds is 31. The molecule has 1 aromatic rings. The average molecular weight is 1440 g/mol. The molecule has 14 unspecified atom stereocenters. The minimum atomic E-state index is -2.58. The highest BCUT2D eigenvalue weighted by atomic mass is 28.4. The number of hydrogen-bond donors (Lipinski definition) is 1. The Morgan fingerprint density at radius 3 is 1.72 bits per heavy atom. The van der Waals surface area contributed by atoms with Gasteiger partial charge in [-0.3, -0.25) is 4.79 Å². The fraction of sp³-hybridized carbons (Fsp3) is 0.795. The highest BCUT2D eigenvalue weighted by Crippen LogP contribution is 2.51. The van der Waals surface area contributed by atoms with Crippen LogP contribution in [-0.4, -0.2) is 159 Å². The molecule has 3 saturated heterocycles. The van der Waals surface area contributed by atoms with Crippen LogP contribution in [0.25, 0.3) is 0 Å². The van der Waals surface area contributed by atoms with E-state index in [2.05, 4.69) is 202 Å². The van der Waals surface area contributed by atoms with E-state index in [1.807, 2.05) is 30.4 Å². The summed E-state index contributed by atoms with van der Waals surface area (Å²) in [7, 11) is -8.87. The summed E-state index contributed by atoms with van der Waals surface area (Å²) in [5, 5.41) is 11.7. The number of methoxy groups -OCH3 is 2. The van der Waals surface area contributed by atoms with Crippen molar-refractivity contribution in [2.75, 3.05) is 20.8 Å². The Morgan fingerprint density at radius 2 is 1.19 bits per heavy atom. The van der Waals surface area contributed by atoms with Crippen molar-refractivity contribution in [1.82, 2.24) is 0 Å². The van der Waals surface area contributed by atoms with Gasteiger partial charge in [-0.15, -0.1) is 6.58 Å². The zero-order valence-electron chi connectivity index (χ0n) is 66.3. The SMILES string of the molecule is C=CCC1C[C@@H](C(/C=C/C(O)CCC2CC(=C)C(CCC3CC(C)C(=C)C(C[C@@H]4OC(CC(CO[Si](C)(C)C(C)(C)C)O[Si](C)(C)C(C)(C)C)[C@H](OC)C4CC(=O)OC)O3)O2)O[Si](C)(C)C(C)(C)C)C(O[Si](C)(C)C(C)(C)C)C(O[Si](C)(C)C(C)(C)C)C1OC(=O)c1ccccc1. The van der Waals surface area contributed by atoms with E-state index in [4.69, 9.17) is 50.6 Å². The maximum absolute atomic E-state index is 14.3. The Labute approximate surface area is 596 Å². The molecule has 1 saturated carbocycles. The molecule has 556 valence electrons. The minimum Gasteiger partial charge on any atom is -0.469 e. The lowest BCUT2D eigenvalue weighted by Gasteiger charge is -2.54. The molecule has 17 atom stereocenters. The first-order valence-corrected chi connectivity index (χ1v) is 51.4. The first kappa shape index (κ1) is 85.5. The third kappa shape index (κ3) is 22.7. The molecular formula is C78H140O14Si5. The third-order valence-electron chi connectivity index (χ3n) is 24.5. The van der Waals surface area contributed by atoms with E-state index >= 15 is 0 Å². The van der Waals surface area contributed by atoms with Gasteiger partial charge in [0.2, 0.25) is 0 Å². The van der Waals surface area contributed by atoms with Gasteiger partial charge in [0.05, 0.1) is 92.8 Å². The third-order valence-corrected chi connectivity index (χ3v) is 47.0. The summed E-state index contributed by atoms with van der Waals surface area (Å²) < 4.78 is 76.5. The van der Waals surface area contributed by atoms with E-state index in [-0.39, 0.29) is 116 Å². The summed E-state index contributed by atoms with van der Waals surface area (Å²) in [5.74, 6) is -1.14. The molecule has 0 bridgehead atoms. The number of aliphatic hydroxyl groups is 1. The van der Waals surface area contributed by atoms with Crippen molar-refractivity contribution in [1.29, 1.82) is 0 Å². The lowest BCUT2D eigenvalue weighted by molar-refractivity contribution is -0.143. The number of ether oxygens (including phenoxy) is 6. The van der Waals surface area contributed by atoms with Crippen LogP contribution in [-0.2, 0) is 55.3 Å². The van der Waals surface area contributed by atoms with E-state index in [9.17, 15) is 14.7 Å². The highest BCUT2D eigenvalue weighted by Gasteiger charge is 2.57. The zero-order valence-corrected chi connectivity index (χ0v) is 71.3. The van der Waals surface area contributed by atoms with Gasteiger partial charge in [0.1, 0.15) is 12.2 Å². The summed E-state index contributed by atoms with van der Waals surface area (Å²) in [4.78, 5) is 27.6. The van der Waals surface area contributed by atoms with E-state index in [0.29, 0.717) is 50.7 Å². The molecule has 4 fully saturated rings. The molecule has 14 nitrogen and oxygen atoms in total. The molecule has 0 aromatic heterocycles. The van der Waals surface area contributed by atoms with E-state index in [0.717, 1.165) is 36.8 Å². The molecule has 3 heterocycles. The number of aliphatic hydroxyl groups excluding tert-OH is 1. The van der Waals surface area contributed by atoms with Gasteiger partial charge in [0.25, 0.3) is 0 Å². The van der Waals surface area contributed by atoms with E-state index in [1.165, 1.54) is 7.11 Å². The lowest BCUT2D eigenvalue weighted by atomic mass is 9.72. The fourth-order valence-electron chi connectivity index (χ4n) is 12.9. The average Bonchev–Trinajstić information content (AvgIpc) is 1.13. The van der Waals surface area contributed by atoms with Gasteiger partial charge >= 0.3 is 11.9 Å². The van der Waals surface area contributed by atoms with Crippen LogP contribution in [0.5, 0.6) is 0 Å². The van der Waals surface area contributed by atoms with Gasteiger partial charge in [-0.1, -0.05) is 160 Å². The molecule has 1 N–H and O–H groups in total. The number of carbonyl (C=O) groups is 2. The van der Waals surface area contributed by atoms with E-state index < -0.39 is 72.1 Å². The van der Waals surface area contributed by atoms with Crippen LogP contribution in [0.2, 0.25) is 90.7 Å². The van der Waals surface area contributed by atoms with Crippen molar-refractivity contribution in [3.8, 4) is 0 Å². The summed E-state index contributed by atoms with van der Waals surface area (Å²) in [6.45, 7) is 72.8. The molecule has 1 aliphatic carbocycles. The van der Waals surface area contributed by atoms with Crippen molar-refractivity contribution in [2.24, 2.45) is 23.7 Å². The summed E-state index contributed by atoms with van der Waals surface area (Å²) in [5.41, 5.74) is 2.59.